The van der Waals surface area contributed by atoms with E-state index in [9.17, 15) is 9.59 Å². The Kier molecular flexibility index (Phi) is 5.21. The highest BCUT2D eigenvalue weighted by atomic mass is 16.7. The lowest BCUT2D eigenvalue weighted by atomic mass is 9.78. The molecule has 8 heteroatoms. The first-order valence-corrected chi connectivity index (χ1v) is 9.29. The molecule has 7 nitrogen and oxygen atoms in total. The Bertz CT molecular complexity index is 904. The van der Waals surface area contributed by atoms with Crippen LogP contribution in [0.3, 0.4) is 0 Å². The Morgan fingerprint density at radius 1 is 1.14 bits per heavy atom. The van der Waals surface area contributed by atoms with Crippen molar-refractivity contribution < 1.29 is 18.9 Å². The number of carbonyl (C=O) groups is 2. The molecule has 1 amide bonds. The number of aryl methyl sites for hydroxylation is 1. The van der Waals surface area contributed by atoms with Crippen LogP contribution in [-0.4, -0.2) is 39.8 Å². The quantitative estimate of drug-likeness (QED) is 0.802. The molecule has 0 spiro atoms. The summed E-state index contributed by atoms with van der Waals surface area (Å²) in [5, 5.41) is 6.92. The van der Waals surface area contributed by atoms with Gasteiger partial charge >= 0.3 is 7.12 Å². The van der Waals surface area contributed by atoms with Crippen molar-refractivity contribution in [2.24, 2.45) is 0 Å². The van der Waals surface area contributed by atoms with Gasteiger partial charge in [0.15, 0.2) is 5.78 Å². The van der Waals surface area contributed by atoms with Crippen LogP contribution in [-0.2, 0) is 20.6 Å². The highest BCUT2D eigenvalue weighted by Gasteiger charge is 2.51. The van der Waals surface area contributed by atoms with Crippen molar-refractivity contribution in [2.45, 2.75) is 59.3 Å². The average molecular weight is 383 g/mol. The molecule has 3 rings (SSSR count). The first-order valence-electron chi connectivity index (χ1n) is 9.29. The fourth-order valence-corrected chi connectivity index (χ4v) is 3.00. The average Bonchev–Trinajstić information content (AvgIpc) is 3.10. The number of amides is 1. The minimum atomic E-state index is -0.453. The summed E-state index contributed by atoms with van der Waals surface area (Å²) in [6, 6.07) is 7.26. The molecule has 2 heterocycles. The van der Waals surface area contributed by atoms with E-state index in [1.807, 2.05) is 52.8 Å². The lowest BCUT2D eigenvalue weighted by Crippen LogP contribution is -2.41. The summed E-state index contributed by atoms with van der Waals surface area (Å²) >= 11 is 0. The topological polar surface area (TPSA) is 82.5 Å². The Hall–Kier alpha value is -2.45. The molecule has 0 bridgehead atoms. The van der Waals surface area contributed by atoms with E-state index in [1.54, 1.807) is 6.07 Å². The molecule has 1 saturated heterocycles. The molecule has 1 N–H and O–H groups in total. The normalized spacial score (nSPS) is 17.6. The highest BCUT2D eigenvalue weighted by molar-refractivity contribution is 6.62. The van der Waals surface area contributed by atoms with Crippen molar-refractivity contribution in [1.29, 1.82) is 0 Å². The van der Waals surface area contributed by atoms with Crippen molar-refractivity contribution in [3.8, 4) is 0 Å². The molecular formula is C20H26BN3O4. The predicted molar refractivity (Wildman–Crippen MR) is 108 cm³/mol. The number of aromatic nitrogens is 2. The standard InChI is InChI=1S/C20H26BN3O4/c1-13-11-15(21-27-19(3,4)20(5,6)28-21)7-8-16(13)23-18(26)17-9-10-22-24(17)12-14(2)25/h7-11H,12H2,1-6H3,(H,23,26). The zero-order chi connectivity index (χ0) is 20.7. The van der Waals surface area contributed by atoms with E-state index in [2.05, 4.69) is 10.4 Å². The van der Waals surface area contributed by atoms with Crippen LogP contribution in [0.15, 0.2) is 30.5 Å². The van der Waals surface area contributed by atoms with Crippen LogP contribution in [0.5, 0.6) is 0 Å². The van der Waals surface area contributed by atoms with Gasteiger partial charge in [-0.15, -0.1) is 0 Å². The lowest BCUT2D eigenvalue weighted by molar-refractivity contribution is -0.117. The SMILES string of the molecule is CC(=O)Cn1nccc1C(=O)Nc1ccc(B2OC(C)(C)C(C)(C)O2)cc1C. The maximum absolute atomic E-state index is 12.6. The third-order valence-electron chi connectivity index (χ3n) is 5.35. The van der Waals surface area contributed by atoms with Gasteiger partial charge < -0.3 is 14.6 Å². The molecule has 0 unspecified atom stereocenters. The summed E-state index contributed by atoms with van der Waals surface area (Å²) in [5.74, 6) is -0.383. The van der Waals surface area contributed by atoms with Gasteiger partial charge in [0, 0.05) is 11.9 Å². The second-order valence-corrected chi connectivity index (χ2v) is 8.19. The molecule has 1 aromatic carbocycles. The van der Waals surface area contributed by atoms with Gasteiger partial charge in [0.1, 0.15) is 12.2 Å². The molecule has 148 valence electrons. The zero-order valence-electron chi connectivity index (χ0n) is 17.2. The van der Waals surface area contributed by atoms with Crippen LogP contribution < -0.4 is 10.8 Å². The van der Waals surface area contributed by atoms with Gasteiger partial charge in [-0.3, -0.25) is 14.3 Å². The van der Waals surface area contributed by atoms with Crippen LogP contribution in [0.25, 0.3) is 0 Å². The van der Waals surface area contributed by atoms with Crippen LogP contribution in [0.4, 0.5) is 5.69 Å². The number of anilines is 1. The second kappa shape index (κ2) is 7.18. The number of nitrogens with zero attached hydrogens (tertiary/aromatic N) is 2. The molecule has 2 aromatic rings. The first-order chi connectivity index (χ1) is 13.0. The van der Waals surface area contributed by atoms with Crippen LogP contribution >= 0.6 is 0 Å². The Labute approximate surface area is 165 Å². The van der Waals surface area contributed by atoms with Crippen LogP contribution in [0.1, 0.15) is 50.7 Å². The molecule has 0 saturated carbocycles. The third kappa shape index (κ3) is 3.88. The van der Waals surface area contributed by atoms with E-state index in [4.69, 9.17) is 9.31 Å². The molecule has 0 aliphatic carbocycles. The van der Waals surface area contributed by atoms with Gasteiger partial charge in [0.05, 0.1) is 11.2 Å². The summed E-state index contributed by atoms with van der Waals surface area (Å²) < 4.78 is 13.6. The number of Topliss-reactive ketones (excluding diaryl/α,β-unsaturated/α-hetero) is 1. The summed E-state index contributed by atoms with van der Waals surface area (Å²) in [5.41, 5.74) is 1.99. The van der Waals surface area contributed by atoms with Crippen LogP contribution in [0, 0.1) is 6.92 Å². The Morgan fingerprint density at radius 3 is 2.36 bits per heavy atom. The van der Waals surface area contributed by atoms with Gasteiger partial charge in [0.2, 0.25) is 0 Å². The zero-order valence-corrected chi connectivity index (χ0v) is 17.2. The van der Waals surface area contributed by atoms with Crippen molar-refractivity contribution in [1.82, 2.24) is 9.78 Å². The van der Waals surface area contributed by atoms with Gasteiger partial charge in [-0.2, -0.15) is 5.10 Å². The summed E-state index contributed by atoms with van der Waals surface area (Å²) in [6.45, 7) is 11.5. The van der Waals surface area contributed by atoms with E-state index in [1.165, 1.54) is 17.8 Å². The van der Waals surface area contributed by atoms with Crippen molar-refractivity contribution in [2.75, 3.05) is 5.32 Å². The second-order valence-electron chi connectivity index (χ2n) is 8.19. The molecule has 1 aliphatic heterocycles. The van der Waals surface area contributed by atoms with E-state index in [-0.39, 0.29) is 18.2 Å². The van der Waals surface area contributed by atoms with E-state index in [0.717, 1.165) is 11.0 Å². The Balaban J connectivity index is 1.76. The van der Waals surface area contributed by atoms with Gasteiger partial charge in [-0.25, -0.2) is 0 Å². The third-order valence-corrected chi connectivity index (χ3v) is 5.35. The predicted octanol–water partition coefficient (Wildman–Crippen LogP) is 2.33. The van der Waals surface area contributed by atoms with E-state index < -0.39 is 18.3 Å². The van der Waals surface area contributed by atoms with Crippen molar-refractivity contribution in [3.05, 3.63) is 41.7 Å². The molecule has 0 radical (unpaired) electrons. The molecule has 1 aliphatic rings. The number of hydrogen-bond acceptors (Lipinski definition) is 5. The number of hydrogen-bond donors (Lipinski definition) is 1. The summed E-state index contributed by atoms with van der Waals surface area (Å²) in [7, 11) is -0.453. The largest absolute Gasteiger partial charge is 0.494 e. The molecule has 1 fully saturated rings. The number of nitrogens with one attached hydrogen (secondary N) is 1. The minimum absolute atomic E-state index is 0.0651. The summed E-state index contributed by atoms with van der Waals surface area (Å²) in [6.07, 6.45) is 1.51. The minimum Gasteiger partial charge on any atom is -0.399 e. The van der Waals surface area contributed by atoms with E-state index in [0.29, 0.717) is 11.4 Å². The summed E-state index contributed by atoms with van der Waals surface area (Å²) in [4.78, 5) is 23.9. The molecular weight excluding hydrogens is 357 g/mol. The maximum Gasteiger partial charge on any atom is 0.494 e. The van der Waals surface area contributed by atoms with Crippen molar-refractivity contribution in [3.63, 3.8) is 0 Å². The lowest BCUT2D eigenvalue weighted by Gasteiger charge is -2.32. The van der Waals surface area contributed by atoms with E-state index >= 15 is 0 Å². The molecule has 0 atom stereocenters. The smallest absolute Gasteiger partial charge is 0.399 e. The highest BCUT2D eigenvalue weighted by Crippen LogP contribution is 2.36. The first kappa shape index (κ1) is 20.3. The maximum atomic E-state index is 12.6. The fraction of sp³-hybridized carbons (Fsp3) is 0.450. The number of ketones is 1. The monoisotopic (exact) mass is 383 g/mol. The Morgan fingerprint density at radius 2 is 1.79 bits per heavy atom. The molecule has 28 heavy (non-hydrogen) atoms. The van der Waals surface area contributed by atoms with Gasteiger partial charge in [0.25, 0.3) is 5.91 Å². The number of benzene rings is 1. The number of rotatable bonds is 5. The van der Waals surface area contributed by atoms with Gasteiger partial charge in [-0.1, -0.05) is 12.1 Å². The molecule has 1 aromatic heterocycles. The van der Waals surface area contributed by atoms with Crippen molar-refractivity contribution >= 4 is 30.0 Å². The number of carbonyl (C=O) groups excluding carboxylic acids is 2. The van der Waals surface area contributed by atoms with Gasteiger partial charge in [-0.05, 0) is 64.7 Å². The van der Waals surface area contributed by atoms with Crippen LogP contribution in [0.2, 0.25) is 0 Å². The fourth-order valence-electron chi connectivity index (χ4n) is 3.00.